The van der Waals surface area contributed by atoms with Crippen molar-refractivity contribution >= 4 is 40.9 Å². The number of rotatable bonds is 1. The summed E-state index contributed by atoms with van der Waals surface area (Å²) in [6.07, 6.45) is 0.357. The zero-order chi connectivity index (χ0) is 15.7. The largest absolute Gasteiger partial charge is 0.415 e. The van der Waals surface area contributed by atoms with Crippen molar-refractivity contribution in [2.24, 2.45) is 0 Å². The first-order chi connectivity index (χ1) is 10.5. The Balaban J connectivity index is 1.75. The van der Waals surface area contributed by atoms with E-state index in [0.717, 1.165) is 12.0 Å². The lowest BCUT2D eigenvalue weighted by Crippen LogP contribution is -2.37. The van der Waals surface area contributed by atoms with E-state index < -0.39 is 6.09 Å². The molecule has 1 heterocycles. The summed E-state index contributed by atoms with van der Waals surface area (Å²) in [5.41, 5.74) is 2.39. The number of hydrogen-bond acceptors (Lipinski definition) is 2. The molecule has 3 rings (SSSR count). The van der Waals surface area contributed by atoms with Crippen molar-refractivity contribution < 1.29 is 9.53 Å². The molecule has 0 saturated carbocycles. The molecule has 1 aliphatic rings. The maximum absolute atomic E-state index is 12.3. The summed E-state index contributed by atoms with van der Waals surface area (Å²) in [6, 6.07) is 11.0. The van der Waals surface area contributed by atoms with Gasteiger partial charge in [-0.05, 0) is 23.6 Å². The predicted octanol–water partition coefficient (Wildman–Crippen LogP) is 5.20. The SMILES string of the molecule is O=C(Oc1cc(Cl)c(Cl)cc1Cl)N1CCc2ccccc2C1. The van der Waals surface area contributed by atoms with Gasteiger partial charge in [0.25, 0.3) is 0 Å². The standard InChI is InChI=1S/C16H12Cl3NO2/c17-12-7-14(19)15(8-13(12)18)22-16(21)20-6-5-10-3-1-2-4-11(10)9-20/h1-4,7-8H,5-6,9H2. The molecule has 1 amide bonds. The molecule has 0 spiro atoms. The van der Waals surface area contributed by atoms with Crippen LogP contribution < -0.4 is 4.74 Å². The molecule has 0 atom stereocenters. The van der Waals surface area contributed by atoms with E-state index in [4.69, 9.17) is 39.5 Å². The van der Waals surface area contributed by atoms with Gasteiger partial charge >= 0.3 is 6.09 Å². The van der Waals surface area contributed by atoms with Crippen LogP contribution in [0.15, 0.2) is 36.4 Å². The van der Waals surface area contributed by atoms with Crippen molar-refractivity contribution in [2.75, 3.05) is 6.54 Å². The van der Waals surface area contributed by atoms with Gasteiger partial charge in [0.15, 0.2) is 5.75 Å². The van der Waals surface area contributed by atoms with Crippen LogP contribution in [0.5, 0.6) is 5.75 Å². The third kappa shape index (κ3) is 3.17. The highest BCUT2D eigenvalue weighted by Crippen LogP contribution is 2.34. The van der Waals surface area contributed by atoms with Crippen LogP contribution in [0.3, 0.4) is 0 Å². The number of nitrogens with zero attached hydrogens (tertiary/aromatic N) is 1. The average molecular weight is 357 g/mol. The molecule has 22 heavy (non-hydrogen) atoms. The Labute approximate surface area is 143 Å². The summed E-state index contributed by atoms with van der Waals surface area (Å²) in [5, 5.41) is 0.858. The van der Waals surface area contributed by atoms with Gasteiger partial charge in [0.2, 0.25) is 0 Å². The molecule has 0 unspecified atom stereocenters. The van der Waals surface area contributed by atoms with Crippen LogP contribution >= 0.6 is 34.8 Å². The summed E-state index contributed by atoms with van der Waals surface area (Å²) in [6.45, 7) is 1.13. The van der Waals surface area contributed by atoms with E-state index in [1.807, 2.05) is 18.2 Å². The van der Waals surface area contributed by atoms with E-state index in [-0.39, 0.29) is 15.8 Å². The molecule has 2 aromatic rings. The molecule has 0 N–H and O–H groups in total. The van der Waals surface area contributed by atoms with Crippen molar-refractivity contribution in [1.82, 2.24) is 4.90 Å². The number of carbonyl (C=O) groups is 1. The highest BCUT2D eigenvalue weighted by Gasteiger charge is 2.23. The Kier molecular flexibility index (Phi) is 4.48. The van der Waals surface area contributed by atoms with Crippen molar-refractivity contribution in [2.45, 2.75) is 13.0 Å². The van der Waals surface area contributed by atoms with E-state index in [1.165, 1.54) is 17.7 Å². The van der Waals surface area contributed by atoms with Gasteiger partial charge in [0.1, 0.15) is 0 Å². The fraction of sp³-hybridized carbons (Fsp3) is 0.188. The molecule has 2 aromatic carbocycles. The van der Waals surface area contributed by atoms with Crippen LogP contribution in [0.25, 0.3) is 0 Å². The summed E-state index contributed by atoms with van der Waals surface area (Å²) in [7, 11) is 0. The van der Waals surface area contributed by atoms with Crippen molar-refractivity contribution in [1.29, 1.82) is 0 Å². The summed E-state index contributed by atoms with van der Waals surface area (Å²) in [5.74, 6) is 0.208. The second kappa shape index (κ2) is 6.37. The molecule has 3 nitrogen and oxygen atoms in total. The zero-order valence-electron chi connectivity index (χ0n) is 11.5. The van der Waals surface area contributed by atoms with Gasteiger partial charge in [-0.25, -0.2) is 4.79 Å². The quantitative estimate of drug-likeness (QED) is 0.657. The van der Waals surface area contributed by atoms with E-state index >= 15 is 0 Å². The van der Waals surface area contributed by atoms with Gasteiger partial charge in [0, 0.05) is 19.2 Å². The molecule has 0 fully saturated rings. The molecule has 0 saturated heterocycles. The molecule has 114 valence electrons. The van der Waals surface area contributed by atoms with Crippen LogP contribution in [0.4, 0.5) is 4.79 Å². The lowest BCUT2D eigenvalue weighted by molar-refractivity contribution is 0.147. The fourth-order valence-electron chi connectivity index (χ4n) is 2.39. The fourth-order valence-corrected chi connectivity index (χ4v) is 2.97. The summed E-state index contributed by atoms with van der Waals surface area (Å²) < 4.78 is 5.35. The maximum Gasteiger partial charge on any atom is 0.415 e. The summed E-state index contributed by atoms with van der Waals surface area (Å²) >= 11 is 17.8. The number of hydrogen-bond donors (Lipinski definition) is 0. The number of fused-ring (bicyclic) bond motifs is 1. The average Bonchev–Trinajstić information content (AvgIpc) is 2.52. The van der Waals surface area contributed by atoms with Crippen LogP contribution in [0, 0.1) is 0 Å². The molecule has 0 aliphatic carbocycles. The first kappa shape index (κ1) is 15.5. The highest BCUT2D eigenvalue weighted by molar-refractivity contribution is 6.43. The third-order valence-electron chi connectivity index (χ3n) is 3.56. The van der Waals surface area contributed by atoms with Crippen LogP contribution in [0.1, 0.15) is 11.1 Å². The van der Waals surface area contributed by atoms with E-state index in [1.54, 1.807) is 4.90 Å². The highest BCUT2D eigenvalue weighted by atomic mass is 35.5. The molecule has 0 bridgehead atoms. The Hall–Kier alpha value is -1.42. The van der Waals surface area contributed by atoms with E-state index in [2.05, 4.69) is 6.07 Å². The third-order valence-corrected chi connectivity index (χ3v) is 4.58. The van der Waals surface area contributed by atoms with Crippen LogP contribution in [-0.2, 0) is 13.0 Å². The topological polar surface area (TPSA) is 29.5 Å². The number of ether oxygens (including phenoxy) is 1. The minimum Gasteiger partial charge on any atom is -0.409 e. The van der Waals surface area contributed by atoms with Crippen LogP contribution in [-0.4, -0.2) is 17.5 Å². The smallest absolute Gasteiger partial charge is 0.409 e. The second-order valence-corrected chi connectivity index (χ2v) is 6.23. The monoisotopic (exact) mass is 355 g/mol. The van der Waals surface area contributed by atoms with Gasteiger partial charge in [-0.15, -0.1) is 0 Å². The van der Waals surface area contributed by atoms with E-state index in [0.29, 0.717) is 18.1 Å². The van der Waals surface area contributed by atoms with Gasteiger partial charge in [-0.1, -0.05) is 59.1 Å². The molecule has 6 heteroatoms. The Bertz CT molecular complexity index is 733. The molecular formula is C16H12Cl3NO2. The lowest BCUT2D eigenvalue weighted by Gasteiger charge is -2.28. The Morgan fingerprint density at radius 2 is 1.68 bits per heavy atom. The van der Waals surface area contributed by atoms with Gasteiger partial charge in [-0.3, -0.25) is 0 Å². The second-order valence-electron chi connectivity index (χ2n) is 5.00. The maximum atomic E-state index is 12.3. The molecule has 0 radical (unpaired) electrons. The van der Waals surface area contributed by atoms with Gasteiger partial charge in [0.05, 0.1) is 15.1 Å². The number of halogens is 3. The predicted molar refractivity (Wildman–Crippen MR) is 88.1 cm³/mol. The van der Waals surface area contributed by atoms with Gasteiger partial charge in [-0.2, -0.15) is 0 Å². The van der Waals surface area contributed by atoms with Crippen molar-refractivity contribution in [3.05, 3.63) is 62.6 Å². The molecule has 0 aromatic heterocycles. The number of amides is 1. The first-order valence-electron chi connectivity index (χ1n) is 6.72. The molecule has 1 aliphatic heterocycles. The lowest BCUT2D eigenvalue weighted by atomic mass is 10.0. The minimum absolute atomic E-state index is 0.208. The minimum atomic E-state index is -0.449. The Morgan fingerprint density at radius 1 is 1.00 bits per heavy atom. The normalized spacial score (nSPS) is 13.7. The number of benzene rings is 2. The Morgan fingerprint density at radius 3 is 2.45 bits per heavy atom. The zero-order valence-corrected chi connectivity index (χ0v) is 13.8. The number of carbonyl (C=O) groups excluding carboxylic acids is 1. The summed E-state index contributed by atoms with van der Waals surface area (Å²) in [4.78, 5) is 13.9. The first-order valence-corrected chi connectivity index (χ1v) is 7.86. The van der Waals surface area contributed by atoms with Gasteiger partial charge < -0.3 is 9.64 Å². The molecular weight excluding hydrogens is 345 g/mol. The van der Waals surface area contributed by atoms with Crippen LogP contribution in [0.2, 0.25) is 15.1 Å². The van der Waals surface area contributed by atoms with Crippen molar-refractivity contribution in [3.63, 3.8) is 0 Å². The van der Waals surface area contributed by atoms with Crippen molar-refractivity contribution in [3.8, 4) is 5.75 Å². The van der Waals surface area contributed by atoms with E-state index in [9.17, 15) is 4.79 Å².